The molecule has 0 unspecified atom stereocenters. The molecular formula is C30H33F3N6O5S2. The number of hydrogen-bond donors (Lipinski definition) is 1. The van der Waals surface area contributed by atoms with Crippen LogP contribution in [-0.2, 0) is 31.9 Å². The molecule has 1 aromatic carbocycles. The van der Waals surface area contributed by atoms with Crippen molar-refractivity contribution in [2.24, 2.45) is 0 Å². The molecule has 0 radical (unpaired) electrons. The van der Waals surface area contributed by atoms with Gasteiger partial charge in [0, 0.05) is 37.2 Å². The third kappa shape index (κ3) is 5.53. The average molecular weight is 679 g/mol. The molecule has 46 heavy (non-hydrogen) atoms. The highest BCUT2D eigenvalue weighted by Gasteiger charge is 2.42. The number of ether oxygens (including phenoxy) is 2. The van der Waals surface area contributed by atoms with Gasteiger partial charge in [-0.3, -0.25) is 9.69 Å². The van der Waals surface area contributed by atoms with E-state index in [0.29, 0.717) is 48.9 Å². The fourth-order valence-electron chi connectivity index (χ4n) is 6.48. The minimum Gasteiger partial charge on any atom is -0.378 e. The van der Waals surface area contributed by atoms with Gasteiger partial charge < -0.3 is 24.6 Å². The number of aryl methyl sites for hydroxylation is 1. The normalized spacial score (nSPS) is 23.5. The summed E-state index contributed by atoms with van der Waals surface area (Å²) in [6.07, 6.45) is -3.50. The Bertz CT molecular complexity index is 1780. The first-order chi connectivity index (χ1) is 21.9. The predicted molar refractivity (Wildman–Crippen MR) is 166 cm³/mol. The summed E-state index contributed by atoms with van der Waals surface area (Å²) in [4.78, 5) is 27.3. The molecule has 2 atom stereocenters. The number of benzene rings is 1. The lowest BCUT2D eigenvalue weighted by atomic mass is 10.0. The van der Waals surface area contributed by atoms with E-state index in [4.69, 9.17) is 9.47 Å². The molecule has 3 fully saturated rings. The zero-order valence-electron chi connectivity index (χ0n) is 25.2. The summed E-state index contributed by atoms with van der Waals surface area (Å²) >= 11 is 0.698. The van der Waals surface area contributed by atoms with Crippen LogP contribution in [0.2, 0.25) is 0 Å². The monoisotopic (exact) mass is 678 g/mol. The van der Waals surface area contributed by atoms with E-state index in [0.717, 1.165) is 30.4 Å². The van der Waals surface area contributed by atoms with Crippen molar-refractivity contribution >= 4 is 44.4 Å². The number of aromatic nitrogens is 2. The minimum atomic E-state index is -4.83. The summed E-state index contributed by atoms with van der Waals surface area (Å²) in [5, 5.41) is 3.09. The van der Waals surface area contributed by atoms with Crippen LogP contribution >= 0.6 is 11.3 Å². The summed E-state index contributed by atoms with van der Waals surface area (Å²) in [5.41, 5.74) is 0.986. The van der Waals surface area contributed by atoms with E-state index in [1.807, 2.05) is 19.1 Å². The number of anilines is 3. The van der Waals surface area contributed by atoms with E-state index in [-0.39, 0.29) is 58.2 Å². The number of carbonyl (C=O) groups is 1. The molecule has 3 saturated heterocycles. The van der Waals surface area contributed by atoms with Crippen LogP contribution < -0.4 is 10.2 Å². The van der Waals surface area contributed by atoms with Crippen molar-refractivity contribution in [2.45, 2.75) is 42.5 Å². The Kier molecular flexibility index (Phi) is 7.99. The smallest absolute Gasteiger partial charge is 0.378 e. The second kappa shape index (κ2) is 11.7. The van der Waals surface area contributed by atoms with Crippen molar-refractivity contribution in [3.05, 3.63) is 46.5 Å². The number of halogens is 3. The van der Waals surface area contributed by atoms with Crippen molar-refractivity contribution < 1.29 is 35.9 Å². The molecule has 4 aliphatic heterocycles. The number of nitrogens with one attached hydrogen (secondary N) is 1. The second-order valence-electron chi connectivity index (χ2n) is 11.9. The highest BCUT2D eigenvalue weighted by molar-refractivity contribution is 7.91. The van der Waals surface area contributed by atoms with E-state index in [9.17, 15) is 26.4 Å². The Hall–Kier alpha value is -3.31. The van der Waals surface area contributed by atoms with Crippen molar-refractivity contribution in [3.63, 3.8) is 0 Å². The standard InChI is InChI=1S/C30H33F3N6O5S2/c1-3-17-10-18(38-7-6-37(2)22-15-44-16-23(22)38)4-5-21(17)35-29-34-12-20(30(31,32)33)26(36-29)24-11-25-27(45-24)28(40)39(19-13-43-14-19)8-9-46(25,41)42/h4-5,10-12,19,22-23H,3,6-9,13-16H2,1-2H3,(H,34,35,36)/t22-,23+/m1/s1. The van der Waals surface area contributed by atoms with Crippen molar-refractivity contribution in [2.75, 3.05) is 69.1 Å². The molecule has 1 amide bonds. The molecular weight excluding hydrogens is 645 g/mol. The number of sulfone groups is 1. The van der Waals surface area contributed by atoms with Crippen molar-refractivity contribution in [1.82, 2.24) is 19.8 Å². The van der Waals surface area contributed by atoms with E-state index >= 15 is 0 Å². The summed E-state index contributed by atoms with van der Waals surface area (Å²) in [6, 6.07) is 7.31. The highest BCUT2D eigenvalue weighted by atomic mass is 32.2. The van der Waals surface area contributed by atoms with Crippen LogP contribution in [0.25, 0.3) is 10.6 Å². The maximum atomic E-state index is 14.2. The van der Waals surface area contributed by atoms with Crippen LogP contribution in [0.5, 0.6) is 0 Å². The fraction of sp³-hybridized carbons (Fsp3) is 0.500. The maximum absolute atomic E-state index is 14.2. The van der Waals surface area contributed by atoms with Gasteiger partial charge in [0.15, 0.2) is 9.84 Å². The molecule has 1 N–H and O–H groups in total. The Labute approximate surface area is 268 Å². The first-order valence-electron chi connectivity index (χ1n) is 15.1. The zero-order chi connectivity index (χ0) is 32.4. The average Bonchev–Trinajstić information content (AvgIpc) is 3.66. The number of thiophene rings is 1. The number of fused-ring (bicyclic) bond motifs is 2. The number of rotatable bonds is 6. The molecule has 0 bridgehead atoms. The third-order valence-electron chi connectivity index (χ3n) is 9.21. The van der Waals surface area contributed by atoms with E-state index in [1.165, 1.54) is 4.90 Å². The van der Waals surface area contributed by atoms with E-state index in [1.54, 1.807) is 0 Å². The van der Waals surface area contributed by atoms with Gasteiger partial charge in [-0.15, -0.1) is 11.3 Å². The van der Waals surface area contributed by atoms with Crippen LogP contribution in [0, 0.1) is 0 Å². The first-order valence-corrected chi connectivity index (χ1v) is 17.6. The molecule has 16 heteroatoms. The largest absolute Gasteiger partial charge is 0.420 e. The molecule has 3 aromatic rings. The summed E-state index contributed by atoms with van der Waals surface area (Å²) in [7, 11) is -1.83. The van der Waals surface area contributed by atoms with E-state index < -0.39 is 33.2 Å². The van der Waals surface area contributed by atoms with Gasteiger partial charge in [-0.1, -0.05) is 6.92 Å². The number of carbonyl (C=O) groups excluding carboxylic acids is 1. The predicted octanol–water partition coefficient (Wildman–Crippen LogP) is 3.68. The van der Waals surface area contributed by atoms with Crippen LogP contribution in [0.1, 0.15) is 27.7 Å². The van der Waals surface area contributed by atoms with Crippen LogP contribution in [0.3, 0.4) is 0 Å². The lowest BCUT2D eigenvalue weighted by Gasteiger charge is -2.43. The molecule has 7 rings (SSSR count). The summed E-state index contributed by atoms with van der Waals surface area (Å²) in [6.45, 7) is 5.62. The Balaban J connectivity index is 1.23. The number of piperazine rings is 1. The SMILES string of the molecule is CCc1cc(N2CCN(C)[C@@H]3COC[C@@H]32)ccc1Nc1ncc(C(F)(F)F)c(-c2cc3c(s2)C(=O)N(C2COC2)CCS3(=O)=O)n1. The minimum absolute atomic E-state index is 0.0102. The summed E-state index contributed by atoms with van der Waals surface area (Å²) in [5.74, 6) is -0.954. The van der Waals surface area contributed by atoms with Crippen LogP contribution in [0.4, 0.5) is 30.5 Å². The molecule has 246 valence electrons. The topological polar surface area (TPSA) is 117 Å². The number of likely N-dealkylation sites (N-methyl/N-ethyl adjacent to an activating group) is 1. The van der Waals surface area contributed by atoms with Gasteiger partial charge in [0.2, 0.25) is 5.95 Å². The zero-order valence-corrected chi connectivity index (χ0v) is 26.8. The van der Waals surface area contributed by atoms with Crippen LogP contribution in [0.15, 0.2) is 35.4 Å². The van der Waals surface area contributed by atoms with Gasteiger partial charge in [-0.05, 0) is 43.3 Å². The Morgan fingerprint density at radius 1 is 1.04 bits per heavy atom. The highest BCUT2D eigenvalue weighted by Crippen LogP contribution is 2.42. The third-order valence-corrected chi connectivity index (χ3v) is 12.2. The van der Waals surface area contributed by atoms with Gasteiger partial charge in [-0.25, -0.2) is 18.4 Å². The van der Waals surface area contributed by atoms with Gasteiger partial charge >= 0.3 is 6.18 Å². The summed E-state index contributed by atoms with van der Waals surface area (Å²) < 4.78 is 80.0. The number of nitrogens with zero attached hydrogens (tertiary/aromatic N) is 5. The first kappa shape index (κ1) is 31.3. The van der Waals surface area contributed by atoms with Gasteiger partial charge in [-0.2, -0.15) is 13.2 Å². The molecule has 0 aliphatic carbocycles. The van der Waals surface area contributed by atoms with E-state index in [2.05, 4.69) is 38.2 Å². The lowest BCUT2D eigenvalue weighted by Crippen LogP contribution is -2.58. The Morgan fingerprint density at radius 3 is 2.52 bits per heavy atom. The molecule has 0 spiro atoms. The number of hydrogen-bond acceptors (Lipinski definition) is 11. The van der Waals surface area contributed by atoms with Gasteiger partial charge in [0.1, 0.15) is 10.4 Å². The van der Waals surface area contributed by atoms with Crippen LogP contribution in [-0.4, -0.2) is 111 Å². The second-order valence-corrected chi connectivity index (χ2v) is 15.1. The molecule has 2 aromatic heterocycles. The number of amides is 1. The fourth-order valence-corrected chi connectivity index (χ4v) is 9.40. The Morgan fingerprint density at radius 2 is 1.80 bits per heavy atom. The van der Waals surface area contributed by atoms with Gasteiger partial charge in [0.25, 0.3) is 5.91 Å². The quantitative estimate of drug-likeness (QED) is 0.414. The van der Waals surface area contributed by atoms with Crippen molar-refractivity contribution in [1.29, 1.82) is 0 Å². The van der Waals surface area contributed by atoms with Crippen molar-refractivity contribution in [3.8, 4) is 10.6 Å². The molecule has 0 saturated carbocycles. The molecule has 11 nitrogen and oxygen atoms in total. The lowest BCUT2D eigenvalue weighted by molar-refractivity contribution is -0.137. The maximum Gasteiger partial charge on any atom is 0.420 e. The number of alkyl halides is 3. The van der Waals surface area contributed by atoms with Gasteiger partial charge in [0.05, 0.1) is 65.8 Å². The molecule has 6 heterocycles. The molecule has 4 aliphatic rings.